The third-order valence-corrected chi connectivity index (χ3v) is 3.02. The summed E-state index contributed by atoms with van der Waals surface area (Å²) in [6.45, 7) is 2.31. The molecular formula is C15H17FN2O. The Labute approximate surface area is 112 Å². The lowest BCUT2D eigenvalue weighted by molar-refractivity contribution is 0.199. The summed E-state index contributed by atoms with van der Waals surface area (Å²) in [5, 5.41) is 9.74. The van der Waals surface area contributed by atoms with Crippen LogP contribution in [0.2, 0.25) is 0 Å². The van der Waals surface area contributed by atoms with Gasteiger partial charge in [0, 0.05) is 37.2 Å². The zero-order valence-electron chi connectivity index (χ0n) is 11.0. The van der Waals surface area contributed by atoms with Crippen molar-refractivity contribution < 1.29 is 9.50 Å². The van der Waals surface area contributed by atoms with E-state index >= 15 is 0 Å². The van der Waals surface area contributed by atoms with Gasteiger partial charge in [-0.25, -0.2) is 4.39 Å². The fourth-order valence-corrected chi connectivity index (χ4v) is 2.05. The van der Waals surface area contributed by atoms with Crippen LogP contribution in [-0.4, -0.2) is 17.1 Å². The topological polar surface area (TPSA) is 36.4 Å². The first-order chi connectivity index (χ1) is 9.08. The zero-order valence-corrected chi connectivity index (χ0v) is 11.0. The molecule has 0 bridgehead atoms. The van der Waals surface area contributed by atoms with Gasteiger partial charge in [-0.15, -0.1) is 0 Å². The van der Waals surface area contributed by atoms with Crippen LogP contribution >= 0.6 is 0 Å². The Morgan fingerprint density at radius 3 is 2.58 bits per heavy atom. The zero-order chi connectivity index (χ0) is 13.8. The molecule has 0 spiro atoms. The number of hydrogen-bond acceptors (Lipinski definition) is 3. The number of hydrogen-bond donors (Lipinski definition) is 1. The molecule has 1 aromatic heterocycles. The van der Waals surface area contributed by atoms with Gasteiger partial charge in [0.25, 0.3) is 0 Å². The van der Waals surface area contributed by atoms with Crippen molar-refractivity contribution in [3.8, 4) is 0 Å². The third-order valence-electron chi connectivity index (χ3n) is 3.02. The van der Waals surface area contributed by atoms with Crippen LogP contribution < -0.4 is 4.90 Å². The van der Waals surface area contributed by atoms with Gasteiger partial charge in [-0.1, -0.05) is 0 Å². The Morgan fingerprint density at radius 1 is 1.26 bits per heavy atom. The Kier molecular flexibility index (Phi) is 4.12. The molecule has 4 heteroatoms. The number of benzene rings is 1. The van der Waals surface area contributed by atoms with Crippen LogP contribution in [0.5, 0.6) is 0 Å². The molecule has 1 N–H and O–H groups in total. The molecule has 100 valence electrons. The van der Waals surface area contributed by atoms with Gasteiger partial charge in [-0.2, -0.15) is 0 Å². The maximum atomic E-state index is 13.3. The maximum absolute atomic E-state index is 13.3. The molecular weight excluding hydrogens is 243 g/mol. The molecule has 19 heavy (non-hydrogen) atoms. The summed E-state index contributed by atoms with van der Waals surface area (Å²) in [6.07, 6.45) is 2.78. The predicted octanol–water partition coefficient (Wildman–Crippen LogP) is 2.91. The fourth-order valence-electron chi connectivity index (χ4n) is 2.05. The highest BCUT2D eigenvalue weighted by molar-refractivity contribution is 5.54. The van der Waals surface area contributed by atoms with Crippen molar-refractivity contribution in [3.63, 3.8) is 0 Å². The maximum Gasteiger partial charge on any atom is 0.123 e. The molecule has 0 saturated carbocycles. The molecule has 1 atom stereocenters. The van der Waals surface area contributed by atoms with Crippen LogP contribution in [0.15, 0.2) is 42.7 Å². The van der Waals surface area contributed by atoms with Crippen molar-refractivity contribution in [2.45, 2.75) is 19.6 Å². The normalized spacial score (nSPS) is 12.2. The van der Waals surface area contributed by atoms with E-state index < -0.39 is 6.10 Å². The van der Waals surface area contributed by atoms with Crippen LogP contribution in [-0.2, 0) is 6.54 Å². The lowest BCUT2D eigenvalue weighted by Gasteiger charge is -2.23. The molecule has 0 saturated heterocycles. The summed E-state index contributed by atoms with van der Waals surface area (Å²) in [6, 6.07) is 8.34. The smallest absolute Gasteiger partial charge is 0.123 e. The van der Waals surface area contributed by atoms with E-state index in [1.54, 1.807) is 25.4 Å². The van der Waals surface area contributed by atoms with Crippen molar-refractivity contribution in [2.24, 2.45) is 0 Å². The molecule has 1 aromatic carbocycles. The van der Waals surface area contributed by atoms with Crippen molar-refractivity contribution in [1.82, 2.24) is 4.98 Å². The molecule has 0 amide bonds. The quantitative estimate of drug-likeness (QED) is 0.918. The molecule has 0 aliphatic heterocycles. The molecule has 0 aliphatic rings. The summed E-state index contributed by atoms with van der Waals surface area (Å²) in [7, 11) is 1.92. The van der Waals surface area contributed by atoms with Crippen LogP contribution in [0.1, 0.15) is 24.2 Å². The van der Waals surface area contributed by atoms with Gasteiger partial charge < -0.3 is 10.0 Å². The Hall–Kier alpha value is -1.94. The average molecular weight is 260 g/mol. The minimum atomic E-state index is -0.703. The second-order valence-electron chi connectivity index (χ2n) is 4.59. The van der Waals surface area contributed by atoms with Crippen LogP contribution in [0, 0.1) is 5.82 Å². The second-order valence-corrected chi connectivity index (χ2v) is 4.59. The minimum absolute atomic E-state index is 0.336. The lowest BCUT2D eigenvalue weighted by Crippen LogP contribution is -2.18. The number of rotatable bonds is 4. The largest absolute Gasteiger partial charge is 0.389 e. The summed E-state index contributed by atoms with van der Waals surface area (Å²) in [4.78, 5) is 5.96. The number of aliphatic hydroxyl groups is 1. The lowest BCUT2D eigenvalue weighted by atomic mass is 10.1. The van der Waals surface area contributed by atoms with Crippen molar-refractivity contribution in [3.05, 3.63) is 59.7 Å². The van der Waals surface area contributed by atoms with Crippen LogP contribution in [0.3, 0.4) is 0 Å². The van der Waals surface area contributed by atoms with Gasteiger partial charge in [-0.3, -0.25) is 4.98 Å². The van der Waals surface area contributed by atoms with Crippen molar-refractivity contribution >= 4 is 5.69 Å². The summed E-state index contributed by atoms with van der Waals surface area (Å²) < 4.78 is 13.3. The van der Waals surface area contributed by atoms with Crippen molar-refractivity contribution in [1.29, 1.82) is 0 Å². The van der Waals surface area contributed by atoms with Gasteiger partial charge in [0.05, 0.1) is 6.10 Å². The fraction of sp³-hybridized carbons (Fsp3) is 0.267. The predicted molar refractivity (Wildman–Crippen MR) is 73.4 cm³/mol. The number of halogens is 1. The molecule has 0 fully saturated rings. The van der Waals surface area contributed by atoms with Gasteiger partial charge in [-0.05, 0) is 42.8 Å². The van der Waals surface area contributed by atoms with E-state index in [9.17, 15) is 9.50 Å². The Bertz CT molecular complexity index is 543. The van der Waals surface area contributed by atoms with E-state index in [0.717, 1.165) is 11.3 Å². The number of pyridine rings is 1. The van der Waals surface area contributed by atoms with Gasteiger partial charge >= 0.3 is 0 Å². The van der Waals surface area contributed by atoms with Gasteiger partial charge in [0.2, 0.25) is 0 Å². The molecule has 1 unspecified atom stereocenters. The van der Waals surface area contributed by atoms with E-state index in [1.807, 2.05) is 24.1 Å². The van der Waals surface area contributed by atoms with E-state index in [-0.39, 0.29) is 5.82 Å². The van der Waals surface area contributed by atoms with Gasteiger partial charge in [0.1, 0.15) is 5.82 Å². The summed E-state index contributed by atoms with van der Waals surface area (Å²) in [5.74, 6) is -0.336. The Balaban J connectivity index is 2.26. The molecule has 1 heterocycles. The van der Waals surface area contributed by atoms with Crippen LogP contribution in [0.25, 0.3) is 0 Å². The Morgan fingerprint density at radius 2 is 1.95 bits per heavy atom. The standard InChI is InChI=1S/C15H17FN2O/c1-11(19)14-9-13(16)3-4-15(14)18(2)10-12-5-7-17-8-6-12/h3-9,11,19H,10H2,1-2H3. The average Bonchev–Trinajstić information content (AvgIpc) is 2.39. The second kappa shape index (κ2) is 5.80. The SMILES string of the molecule is CC(O)c1cc(F)ccc1N(C)Cc1ccncc1. The summed E-state index contributed by atoms with van der Waals surface area (Å²) >= 11 is 0. The van der Waals surface area contributed by atoms with Crippen LogP contribution in [0.4, 0.5) is 10.1 Å². The molecule has 0 radical (unpaired) electrons. The number of aromatic nitrogens is 1. The molecule has 3 nitrogen and oxygen atoms in total. The first-order valence-corrected chi connectivity index (χ1v) is 6.15. The molecule has 0 aliphatic carbocycles. The monoisotopic (exact) mass is 260 g/mol. The highest BCUT2D eigenvalue weighted by Crippen LogP contribution is 2.27. The third kappa shape index (κ3) is 3.29. The van der Waals surface area contributed by atoms with E-state index in [0.29, 0.717) is 12.1 Å². The highest BCUT2D eigenvalue weighted by Gasteiger charge is 2.13. The van der Waals surface area contributed by atoms with Gasteiger partial charge in [0.15, 0.2) is 0 Å². The van der Waals surface area contributed by atoms with E-state index in [4.69, 9.17) is 0 Å². The first kappa shape index (κ1) is 13.5. The highest BCUT2D eigenvalue weighted by atomic mass is 19.1. The minimum Gasteiger partial charge on any atom is -0.389 e. The number of anilines is 1. The number of nitrogens with zero attached hydrogens (tertiary/aromatic N) is 2. The van der Waals surface area contributed by atoms with Crippen molar-refractivity contribution in [2.75, 3.05) is 11.9 Å². The number of aliphatic hydroxyl groups excluding tert-OH is 1. The molecule has 2 aromatic rings. The first-order valence-electron chi connectivity index (χ1n) is 6.15. The molecule has 2 rings (SSSR count). The van der Waals surface area contributed by atoms with E-state index in [2.05, 4.69) is 4.98 Å². The summed E-state index contributed by atoms with van der Waals surface area (Å²) in [5.41, 5.74) is 2.53. The van der Waals surface area contributed by atoms with E-state index in [1.165, 1.54) is 12.1 Å².